The molecule has 27 heavy (non-hydrogen) atoms. The summed E-state index contributed by atoms with van der Waals surface area (Å²) >= 11 is 2.22. The van der Waals surface area contributed by atoms with Crippen LogP contribution in [0.5, 0.6) is 0 Å². The first-order valence-corrected chi connectivity index (χ1v) is 9.20. The second-order valence-corrected chi connectivity index (χ2v) is 7.00. The van der Waals surface area contributed by atoms with Crippen molar-refractivity contribution in [1.29, 1.82) is 5.26 Å². The number of furan rings is 1. The molecule has 0 radical (unpaired) electrons. The maximum Gasteiger partial charge on any atom is 0.271 e. The largest absolute Gasteiger partial charge is 0.457 e. The van der Waals surface area contributed by atoms with Crippen LogP contribution in [0.1, 0.15) is 12.7 Å². The van der Waals surface area contributed by atoms with Crippen LogP contribution in [0.4, 0.5) is 0 Å². The van der Waals surface area contributed by atoms with E-state index in [2.05, 4.69) is 22.6 Å². The summed E-state index contributed by atoms with van der Waals surface area (Å²) in [6.07, 6.45) is 1.52. The zero-order chi connectivity index (χ0) is 19.6. The van der Waals surface area contributed by atoms with E-state index in [1.807, 2.05) is 30.3 Å². The Morgan fingerprint density at radius 1 is 1.22 bits per heavy atom. The first-order valence-electron chi connectivity index (χ1n) is 8.12. The smallest absolute Gasteiger partial charge is 0.271 e. The number of nitrogens with zero attached hydrogens (tertiary/aromatic N) is 2. The van der Waals surface area contributed by atoms with Gasteiger partial charge in [-0.2, -0.15) is 5.26 Å². The summed E-state index contributed by atoms with van der Waals surface area (Å²) in [6, 6.07) is 13.1. The number of benzene rings is 1. The minimum Gasteiger partial charge on any atom is -0.457 e. The standard InChI is InChI=1S/C20H15IN2O4/c1-12-15(19(25)23(8-9-24)20(26)16(12)11-22)10-13-6-7-18(27-13)14-4-2-3-5-17(14)21/h2-7,10,24H,8-9H2,1H3/b15-10+. The zero-order valence-corrected chi connectivity index (χ0v) is 16.6. The van der Waals surface area contributed by atoms with Crippen molar-refractivity contribution in [3.63, 3.8) is 0 Å². The van der Waals surface area contributed by atoms with Crippen molar-refractivity contribution < 1.29 is 19.1 Å². The number of halogens is 1. The molecule has 136 valence electrons. The highest BCUT2D eigenvalue weighted by Crippen LogP contribution is 2.30. The average molecular weight is 474 g/mol. The van der Waals surface area contributed by atoms with Gasteiger partial charge in [0.1, 0.15) is 23.2 Å². The van der Waals surface area contributed by atoms with Gasteiger partial charge >= 0.3 is 0 Å². The van der Waals surface area contributed by atoms with Gasteiger partial charge in [0, 0.05) is 14.7 Å². The van der Waals surface area contributed by atoms with Gasteiger partial charge in [-0.15, -0.1) is 0 Å². The van der Waals surface area contributed by atoms with Gasteiger partial charge in [-0.05, 0) is 59.4 Å². The molecule has 1 aromatic heterocycles. The van der Waals surface area contributed by atoms with Gasteiger partial charge < -0.3 is 9.52 Å². The molecule has 2 heterocycles. The highest BCUT2D eigenvalue weighted by Gasteiger charge is 2.35. The van der Waals surface area contributed by atoms with E-state index in [1.165, 1.54) is 6.08 Å². The lowest BCUT2D eigenvalue weighted by Crippen LogP contribution is -2.44. The lowest BCUT2D eigenvalue weighted by Gasteiger charge is -2.26. The Labute approximate surface area is 169 Å². The van der Waals surface area contributed by atoms with Crippen molar-refractivity contribution in [2.24, 2.45) is 0 Å². The van der Waals surface area contributed by atoms with E-state index in [9.17, 15) is 14.9 Å². The number of aliphatic hydroxyl groups excluding tert-OH is 1. The van der Waals surface area contributed by atoms with Gasteiger partial charge in [-0.25, -0.2) is 0 Å². The third-order valence-electron chi connectivity index (χ3n) is 4.20. The molecule has 7 heteroatoms. The van der Waals surface area contributed by atoms with Gasteiger partial charge in [0.05, 0.1) is 13.2 Å². The predicted octanol–water partition coefficient (Wildman–Crippen LogP) is 3.14. The maximum absolute atomic E-state index is 12.7. The molecule has 1 aliphatic heterocycles. The Morgan fingerprint density at radius 2 is 1.96 bits per heavy atom. The van der Waals surface area contributed by atoms with Crippen molar-refractivity contribution in [3.8, 4) is 17.4 Å². The number of aliphatic hydroxyl groups is 1. The predicted molar refractivity (Wildman–Crippen MR) is 107 cm³/mol. The van der Waals surface area contributed by atoms with Crippen LogP contribution in [-0.2, 0) is 9.59 Å². The van der Waals surface area contributed by atoms with Crippen LogP contribution < -0.4 is 0 Å². The van der Waals surface area contributed by atoms with E-state index in [-0.39, 0.29) is 24.3 Å². The SMILES string of the molecule is CC1=C(C#N)C(=O)N(CCO)C(=O)/C1=C/c1ccc(-c2ccccc2I)o1. The zero-order valence-electron chi connectivity index (χ0n) is 14.4. The molecule has 0 spiro atoms. The van der Waals surface area contributed by atoms with Crippen LogP contribution in [-0.4, -0.2) is 35.0 Å². The van der Waals surface area contributed by atoms with Crippen LogP contribution >= 0.6 is 22.6 Å². The molecule has 0 aliphatic carbocycles. The third kappa shape index (κ3) is 3.59. The number of carbonyl (C=O) groups is 2. The number of hydrogen-bond acceptors (Lipinski definition) is 5. The molecule has 1 aromatic carbocycles. The molecule has 0 saturated carbocycles. The van der Waals surface area contributed by atoms with Crippen molar-refractivity contribution in [3.05, 3.63) is 62.4 Å². The molecule has 0 atom stereocenters. The maximum atomic E-state index is 12.7. The van der Waals surface area contributed by atoms with Crippen LogP contribution in [0.25, 0.3) is 17.4 Å². The Kier molecular flexibility index (Phi) is 5.58. The first kappa shape index (κ1) is 19.1. The fourth-order valence-electron chi connectivity index (χ4n) is 2.81. The minimum atomic E-state index is -0.690. The summed E-state index contributed by atoms with van der Waals surface area (Å²) in [5.74, 6) is -0.161. The minimum absolute atomic E-state index is 0.112. The molecule has 1 N–H and O–H groups in total. The molecular formula is C20H15IN2O4. The highest BCUT2D eigenvalue weighted by molar-refractivity contribution is 14.1. The molecular weight excluding hydrogens is 459 g/mol. The Hall–Kier alpha value is -2.70. The van der Waals surface area contributed by atoms with Gasteiger partial charge in [0.2, 0.25) is 0 Å². The van der Waals surface area contributed by atoms with Gasteiger partial charge in [-0.1, -0.05) is 18.2 Å². The normalized spacial score (nSPS) is 16.2. The number of carbonyl (C=O) groups excluding carboxylic acids is 2. The summed E-state index contributed by atoms with van der Waals surface area (Å²) < 4.78 is 6.88. The number of nitriles is 1. The van der Waals surface area contributed by atoms with Crippen molar-refractivity contribution in [1.82, 2.24) is 4.90 Å². The Morgan fingerprint density at radius 3 is 2.63 bits per heavy atom. The molecule has 0 saturated heterocycles. The summed E-state index contributed by atoms with van der Waals surface area (Å²) in [5, 5.41) is 18.4. The summed E-state index contributed by atoms with van der Waals surface area (Å²) in [6.45, 7) is 1.01. The molecule has 0 unspecified atom stereocenters. The number of imide groups is 1. The van der Waals surface area contributed by atoms with E-state index in [0.717, 1.165) is 14.0 Å². The Bertz CT molecular complexity index is 1030. The van der Waals surface area contributed by atoms with E-state index in [0.29, 0.717) is 17.1 Å². The van der Waals surface area contributed by atoms with Crippen LogP contribution in [0.15, 0.2) is 57.5 Å². The van der Waals surface area contributed by atoms with Gasteiger partial charge in [-0.3, -0.25) is 14.5 Å². The lowest BCUT2D eigenvalue weighted by molar-refractivity contribution is -0.140. The van der Waals surface area contributed by atoms with E-state index in [1.54, 1.807) is 19.1 Å². The van der Waals surface area contributed by atoms with Gasteiger partial charge in [0.25, 0.3) is 11.8 Å². The van der Waals surface area contributed by atoms with E-state index < -0.39 is 11.8 Å². The van der Waals surface area contributed by atoms with Crippen LogP contribution in [0, 0.1) is 14.9 Å². The quantitative estimate of drug-likeness (QED) is 0.418. The lowest BCUT2D eigenvalue weighted by atomic mass is 9.95. The highest BCUT2D eigenvalue weighted by atomic mass is 127. The molecule has 3 rings (SSSR count). The summed E-state index contributed by atoms with van der Waals surface area (Å²) in [7, 11) is 0. The molecule has 1 aliphatic rings. The summed E-state index contributed by atoms with van der Waals surface area (Å²) in [5.41, 5.74) is 1.32. The number of β-amino-alcohol motifs (C(OH)–C–C–N with tert-alkyl or cyclic N) is 1. The second kappa shape index (κ2) is 7.90. The van der Waals surface area contributed by atoms with Crippen LogP contribution in [0.3, 0.4) is 0 Å². The van der Waals surface area contributed by atoms with E-state index in [4.69, 9.17) is 9.52 Å². The van der Waals surface area contributed by atoms with Crippen molar-refractivity contribution in [2.45, 2.75) is 6.92 Å². The fourth-order valence-corrected chi connectivity index (χ4v) is 3.46. The average Bonchev–Trinajstić information content (AvgIpc) is 3.11. The molecule has 2 amide bonds. The van der Waals surface area contributed by atoms with E-state index >= 15 is 0 Å². The van der Waals surface area contributed by atoms with Crippen molar-refractivity contribution >= 4 is 40.5 Å². The van der Waals surface area contributed by atoms with Gasteiger partial charge in [0.15, 0.2) is 0 Å². The number of rotatable bonds is 4. The monoisotopic (exact) mass is 474 g/mol. The number of amides is 2. The third-order valence-corrected chi connectivity index (χ3v) is 5.14. The number of hydrogen-bond donors (Lipinski definition) is 1. The van der Waals surface area contributed by atoms with Crippen molar-refractivity contribution in [2.75, 3.05) is 13.2 Å². The fraction of sp³-hybridized carbons (Fsp3) is 0.150. The second-order valence-electron chi connectivity index (χ2n) is 5.84. The summed E-state index contributed by atoms with van der Waals surface area (Å²) in [4.78, 5) is 25.8. The first-order chi connectivity index (χ1) is 13.0. The molecule has 0 fully saturated rings. The Balaban J connectivity index is 2.04. The molecule has 0 bridgehead atoms. The molecule has 6 nitrogen and oxygen atoms in total. The van der Waals surface area contributed by atoms with Crippen LogP contribution in [0.2, 0.25) is 0 Å². The topological polar surface area (TPSA) is 94.5 Å². The molecule has 2 aromatic rings.